The van der Waals surface area contributed by atoms with E-state index in [9.17, 15) is 9.90 Å². The van der Waals surface area contributed by atoms with Crippen LogP contribution in [0.5, 0.6) is 0 Å². The van der Waals surface area contributed by atoms with Crippen molar-refractivity contribution in [2.75, 3.05) is 14.2 Å². The van der Waals surface area contributed by atoms with E-state index < -0.39 is 12.4 Å². The lowest BCUT2D eigenvalue weighted by atomic mass is 9.60. The van der Waals surface area contributed by atoms with E-state index >= 15 is 0 Å². The monoisotopic (exact) mass is 657 g/mol. The van der Waals surface area contributed by atoms with Crippen LogP contribution in [0.3, 0.4) is 0 Å². The lowest BCUT2D eigenvalue weighted by Crippen LogP contribution is -2.38. The highest BCUT2D eigenvalue weighted by molar-refractivity contribution is 5.80. The fourth-order valence-electron chi connectivity index (χ4n) is 9.24. The minimum atomic E-state index is -0.549. The molecule has 6 nitrogen and oxygen atoms in total. The minimum Gasteiger partial charge on any atom is -0.504 e. The van der Waals surface area contributed by atoms with E-state index in [1.165, 1.54) is 5.57 Å². The van der Waals surface area contributed by atoms with Gasteiger partial charge in [0, 0.05) is 5.92 Å². The van der Waals surface area contributed by atoms with Gasteiger partial charge in [-0.05, 0) is 138 Å². The van der Waals surface area contributed by atoms with Gasteiger partial charge in [-0.3, -0.25) is 4.79 Å². The summed E-state index contributed by atoms with van der Waals surface area (Å²) in [5, 5.41) is 10.6. The van der Waals surface area contributed by atoms with Gasteiger partial charge in [0.2, 0.25) is 0 Å². The quantitative estimate of drug-likeness (QED) is 0.101. The average molecular weight is 657 g/mol. The summed E-state index contributed by atoms with van der Waals surface area (Å²) in [7, 11) is 3.31. The zero-order valence-corrected chi connectivity index (χ0v) is 31.4. The number of aliphatic hydroxyl groups is 1. The second-order valence-electron chi connectivity index (χ2n) is 15.7. The molecule has 3 aliphatic rings. The number of Topliss-reactive ketones (excluding diaryl/α,β-unsaturated/α-hetero) is 1. The molecule has 0 aromatic carbocycles. The Hall–Kier alpha value is -1.89. The van der Waals surface area contributed by atoms with Crippen LogP contribution in [-0.2, 0) is 23.7 Å². The van der Waals surface area contributed by atoms with Crippen molar-refractivity contribution >= 4 is 5.78 Å². The molecule has 6 heteroatoms. The van der Waals surface area contributed by atoms with E-state index in [0.717, 1.165) is 76.4 Å². The first kappa shape index (κ1) is 39.5. The van der Waals surface area contributed by atoms with Crippen molar-refractivity contribution in [3.05, 3.63) is 48.0 Å². The van der Waals surface area contributed by atoms with Crippen LogP contribution < -0.4 is 0 Å². The molecule has 0 spiro atoms. The minimum absolute atomic E-state index is 0.00574. The van der Waals surface area contributed by atoms with Gasteiger partial charge in [-0.15, -0.1) is 0 Å². The fraction of sp³-hybridized carbons (Fsp3) is 0.780. The number of carbonyl (C=O) groups excluding carboxylic acids is 1. The molecule has 1 N–H and O–H groups in total. The summed E-state index contributed by atoms with van der Waals surface area (Å²) in [6, 6.07) is 0. The van der Waals surface area contributed by atoms with Crippen molar-refractivity contribution in [1.82, 2.24) is 0 Å². The van der Waals surface area contributed by atoms with Crippen molar-refractivity contribution < 1.29 is 28.8 Å². The molecular formula is C41H68O6. The van der Waals surface area contributed by atoms with Crippen molar-refractivity contribution in [1.29, 1.82) is 0 Å². The molecular weight excluding hydrogens is 588 g/mol. The maximum atomic E-state index is 13.4. The summed E-state index contributed by atoms with van der Waals surface area (Å²) in [5.41, 5.74) is 1.26. The first-order valence-electron chi connectivity index (χ1n) is 18.6. The van der Waals surface area contributed by atoms with Crippen molar-refractivity contribution in [2.45, 2.75) is 151 Å². The molecule has 0 aromatic rings. The molecule has 47 heavy (non-hydrogen) atoms. The predicted octanol–water partition coefficient (Wildman–Crippen LogP) is 9.73. The smallest absolute Gasteiger partial charge is 0.184 e. The topological polar surface area (TPSA) is 74.2 Å². The fourth-order valence-corrected chi connectivity index (χ4v) is 9.24. The highest BCUT2D eigenvalue weighted by Gasteiger charge is 2.53. The van der Waals surface area contributed by atoms with E-state index in [2.05, 4.69) is 66.7 Å². The van der Waals surface area contributed by atoms with Crippen LogP contribution >= 0.6 is 0 Å². The molecule has 1 heterocycles. The van der Waals surface area contributed by atoms with Gasteiger partial charge < -0.3 is 24.1 Å². The van der Waals surface area contributed by atoms with Gasteiger partial charge in [-0.1, -0.05) is 58.8 Å². The number of hydrogen-bond donors (Lipinski definition) is 1. The first-order valence-corrected chi connectivity index (χ1v) is 18.6. The number of ketones is 1. The van der Waals surface area contributed by atoms with E-state index in [1.807, 2.05) is 12.2 Å². The number of allylic oxidation sites excluding steroid dienone is 6. The highest BCUT2D eigenvalue weighted by atomic mass is 16.7. The number of ether oxygens (including phenoxy) is 4. The van der Waals surface area contributed by atoms with Gasteiger partial charge in [0.25, 0.3) is 0 Å². The zero-order valence-electron chi connectivity index (χ0n) is 31.4. The summed E-state index contributed by atoms with van der Waals surface area (Å²) in [4.78, 5) is 13.4. The van der Waals surface area contributed by atoms with Gasteiger partial charge in [0.05, 0.1) is 32.7 Å². The van der Waals surface area contributed by atoms with Crippen molar-refractivity contribution in [3.8, 4) is 0 Å². The third-order valence-corrected chi connectivity index (χ3v) is 12.3. The largest absolute Gasteiger partial charge is 0.504 e. The SMILES string of the molecule is CCC(CCCC1(C)C=CCC(C)C1CCC1(C)C(C)CC(/C(C)=C/C(=C\C=C\OC)OC)C1C(C)=O)OC1O[C@@H](C)CCCC1O. The maximum absolute atomic E-state index is 13.4. The standard InChI is InChI=1S/C41H68O6/c1-11-33(47-39-37(43)20-12-17-31(5)46-39)18-14-23-40(7)22-13-16-28(2)36(40)21-24-41(8)30(4)27-35(38(41)32(6)42)29(3)26-34(45-10)19-15-25-44-9/h13,15,19,22,25-26,28,30-31,33,35-39,43H,11-12,14,16-18,20-21,23-24,27H2,1-10H3/b25-15+,29-26+,34-19+/t28?,30?,31-,33?,35?,36?,37?,38?,39?,40?,41?/m0/s1. The van der Waals surface area contributed by atoms with Crippen molar-refractivity contribution in [3.63, 3.8) is 0 Å². The van der Waals surface area contributed by atoms with Crippen LogP contribution in [0.25, 0.3) is 0 Å². The van der Waals surface area contributed by atoms with Crippen LogP contribution in [0.2, 0.25) is 0 Å². The molecule has 1 aliphatic heterocycles. The van der Waals surface area contributed by atoms with Gasteiger partial charge in [-0.2, -0.15) is 0 Å². The average Bonchev–Trinajstić information content (AvgIpc) is 3.18. The second kappa shape index (κ2) is 18.2. The van der Waals surface area contributed by atoms with E-state index in [1.54, 1.807) is 27.4 Å². The van der Waals surface area contributed by atoms with Crippen LogP contribution in [0.15, 0.2) is 48.0 Å². The first-order chi connectivity index (χ1) is 22.3. The Labute approximate surface area is 287 Å². The van der Waals surface area contributed by atoms with Gasteiger partial charge >= 0.3 is 0 Å². The predicted molar refractivity (Wildman–Crippen MR) is 192 cm³/mol. The Bertz CT molecular complexity index is 1110. The molecule has 1 saturated heterocycles. The number of rotatable bonds is 16. The second-order valence-corrected chi connectivity index (χ2v) is 15.7. The number of methoxy groups -OCH3 is 2. The molecule has 2 aliphatic carbocycles. The Morgan fingerprint density at radius 3 is 2.53 bits per heavy atom. The van der Waals surface area contributed by atoms with Crippen LogP contribution in [-0.4, -0.2) is 49.7 Å². The molecule has 0 bridgehead atoms. The van der Waals surface area contributed by atoms with Gasteiger partial charge in [0.15, 0.2) is 6.29 Å². The Balaban J connectivity index is 1.71. The lowest BCUT2D eigenvalue weighted by molar-refractivity contribution is -0.228. The summed E-state index contributed by atoms with van der Waals surface area (Å²) in [5.74, 6) is 2.87. The van der Waals surface area contributed by atoms with E-state index in [0.29, 0.717) is 23.5 Å². The van der Waals surface area contributed by atoms with Crippen LogP contribution in [0.4, 0.5) is 0 Å². The Morgan fingerprint density at radius 2 is 1.87 bits per heavy atom. The van der Waals surface area contributed by atoms with Gasteiger partial charge in [-0.25, -0.2) is 0 Å². The highest BCUT2D eigenvalue weighted by Crippen LogP contribution is 2.58. The van der Waals surface area contributed by atoms with Crippen LogP contribution in [0.1, 0.15) is 126 Å². The molecule has 268 valence electrons. The van der Waals surface area contributed by atoms with Crippen LogP contribution in [0, 0.1) is 40.4 Å². The summed E-state index contributed by atoms with van der Waals surface area (Å²) < 4.78 is 23.1. The van der Waals surface area contributed by atoms with E-state index in [-0.39, 0.29) is 34.9 Å². The zero-order chi connectivity index (χ0) is 34.8. The lowest BCUT2D eigenvalue weighted by Gasteiger charge is -2.45. The molecule has 11 atom stereocenters. The Morgan fingerprint density at radius 1 is 1.13 bits per heavy atom. The summed E-state index contributed by atoms with van der Waals surface area (Å²) in [6.45, 7) is 17.8. The number of aliphatic hydroxyl groups excluding tert-OH is 1. The van der Waals surface area contributed by atoms with E-state index in [4.69, 9.17) is 18.9 Å². The third-order valence-electron chi connectivity index (χ3n) is 12.3. The molecule has 1 saturated carbocycles. The van der Waals surface area contributed by atoms with Gasteiger partial charge in [0.1, 0.15) is 17.6 Å². The molecule has 0 radical (unpaired) electrons. The molecule has 0 aromatic heterocycles. The number of carbonyl (C=O) groups is 1. The normalized spacial score (nSPS) is 37.6. The molecule has 0 amide bonds. The summed E-state index contributed by atoms with van der Waals surface area (Å²) in [6.07, 6.45) is 22.5. The summed E-state index contributed by atoms with van der Waals surface area (Å²) >= 11 is 0. The number of hydrogen-bond acceptors (Lipinski definition) is 6. The maximum Gasteiger partial charge on any atom is 0.184 e. The molecule has 10 unspecified atom stereocenters. The molecule has 3 rings (SSSR count). The van der Waals surface area contributed by atoms with Crippen molar-refractivity contribution in [2.24, 2.45) is 40.4 Å². The third kappa shape index (κ3) is 10.3. The molecule has 2 fully saturated rings. The Kier molecular flexibility index (Phi) is 15.3.